The third-order valence-corrected chi connectivity index (χ3v) is 4.65. The summed E-state index contributed by atoms with van der Waals surface area (Å²) < 4.78 is 3.85. The lowest BCUT2D eigenvalue weighted by Gasteiger charge is -2.09. The van der Waals surface area contributed by atoms with Gasteiger partial charge in [-0.1, -0.05) is 36.5 Å². The molecule has 0 aliphatic carbocycles. The summed E-state index contributed by atoms with van der Waals surface area (Å²) in [4.78, 5) is 13.3. The highest BCUT2D eigenvalue weighted by Crippen LogP contribution is 2.25. The Labute approximate surface area is 160 Å². The monoisotopic (exact) mass is 386 g/mol. The first kappa shape index (κ1) is 17.0. The lowest BCUT2D eigenvalue weighted by atomic mass is 10.2. The van der Waals surface area contributed by atoms with E-state index < -0.39 is 0 Å². The fraction of sp³-hybridized carbons (Fsp3) is 0.222. The highest BCUT2D eigenvalue weighted by atomic mass is 35.5. The van der Waals surface area contributed by atoms with Crippen LogP contribution in [-0.2, 0) is 13.0 Å². The Morgan fingerprint density at radius 2 is 1.96 bits per heavy atom. The molecule has 0 saturated carbocycles. The number of fused-ring (bicyclic) bond motifs is 1. The number of rotatable bonds is 5. The summed E-state index contributed by atoms with van der Waals surface area (Å²) in [6, 6.07) is 7.39. The zero-order valence-electron chi connectivity index (χ0n) is 14.1. The molecule has 4 aromatic heterocycles. The van der Waals surface area contributed by atoms with Crippen molar-refractivity contribution >= 4 is 28.8 Å². The molecule has 0 amide bonds. The van der Waals surface area contributed by atoms with Crippen molar-refractivity contribution in [1.82, 2.24) is 29.1 Å². The second-order valence-corrected chi connectivity index (χ2v) is 6.65. The van der Waals surface area contributed by atoms with Crippen LogP contribution in [0.15, 0.2) is 42.9 Å². The van der Waals surface area contributed by atoms with Crippen LogP contribution in [0.3, 0.4) is 0 Å². The van der Waals surface area contributed by atoms with Crippen LogP contribution in [0.25, 0.3) is 17.0 Å². The van der Waals surface area contributed by atoms with Gasteiger partial charge in [-0.25, -0.2) is 19.5 Å². The van der Waals surface area contributed by atoms with E-state index in [2.05, 4.69) is 22.0 Å². The van der Waals surface area contributed by atoms with E-state index in [0.717, 1.165) is 41.3 Å². The molecule has 0 atom stereocenters. The molecule has 0 fully saturated rings. The number of hydrogen-bond donors (Lipinski definition) is 0. The number of nitrogens with zero attached hydrogens (tertiary/aromatic N) is 6. The number of imidazole rings is 2. The molecule has 26 heavy (non-hydrogen) atoms. The van der Waals surface area contributed by atoms with Crippen LogP contribution >= 0.6 is 23.2 Å². The fourth-order valence-electron chi connectivity index (χ4n) is 3.01. The largest absolute Gasteiger partial charge is 0.325 e. The van der Waals surface area contributed by atoms with Crippen LogP contribution in [-0.4, -0.2) is 29.1 Å². The maximum atomic E-state index is 6.24. The van der Waals surface area contributed by atoms with Crippen molar-refractivity contribution in [3.05, 3.63) is 64.6 Å². The van der Waals surface area contributed by atoms with Gasteiger partial charge < -0.3 is 4.57 Å². The van der Waals surface area contributed by atoms with Crippen molar-refractivity contribution in [2.24, 2.45) is 0 Å². The van der Waals surface area contributed by atoms with Crippen molar-refractivity contribution in [2.75, 3.05) is 0 Å². The van der Waals surface area contributed by atoms with Crippen LogP contribution in [0.4, 0.5) is 0 Å². The minimum atomic E-state index is 0.428. The summed E-state index contributed by atoms with van der Waals surface area (Å²) >= 11 is 12.3. The summed E-state index contributed by atoms with van der Waals surface area (Å²) in [6.45, 7) is 2.70. The highest BCUT2D eigenvalue weighted by molar-refractivity contribution is 6.31. The number of pyridine rings is 1. The summed E-state index contributed by atoms with van der Waals surface area (Å²) in [5.74, 6) is 0.758. The molecule has 0 radical (unpaired) electrons. The molecule has 0 aromatic carbocycles. The lowest BCUT2D eigenvalue weighted by Crippen LogP contribution is -2.06. The van der Waals surface area contributed by atoms with E-state index in [4.69, 9.17) is 28.2 Å². The summed E-state index contributed by atoms with van der Waals surface area (Å²) in [6.07, 6.45) is 7.18. The zero-order chi connectivity index (χ0) is 18.1. The molecule has 0 saturated heterocycles. The van der Waals surface area contributed by atoms with E-state index >= 15 is 0 Å². The van der Waals surface area contributed by atoms with Gasteiger partial charge in [-0.15, -0.1) is 0 Å². The lowest BCUT2D eigenvalue weighted by molar-refractivity contribution is 0.744. The standard InChI is InChI=1S/C18H16Cl2N6/c1-2-4-14-13(23-16-7-6-15(19)24-26(14)16)11-25-10-9-22-18(25)12-5-3-8-21-17(12)20/h3,5-10H,2,4,11H2,1H3. The molecular weight excluding hydrogens is 371 g/mol. The van der Waals surface area contributed by atoms with Crippen molar-refractivity contribution in [2.45, 2.75) is 26.3 Å². The quantitative estimate of drug-likeness (QED) is 0.479. The van der Waals surface area contributed by atoms with Crippen LogP contribution in [0.2, 0.25) is 10.3 Å². The first-order valence-corrected chi connectivity index (χ1v) is 9.08. The molecular formula is C18H16Cl2N6. The molecule has 0 aliphatic rings. The average molecular weight is 387 g/mol. The van der Waals surface area contributed by atoms with E-state index in [9.17, 15) is 0 Å². The summed E-state index contributed by atoms with van der Waals surface area (Å²) in [7, 11) is 0. The molecule has 0 bridgehead atoms. The van der Waals surface area contributed by atoms with Crippen molar-refractivity contribution in [3.8, 4) is 11.4 Å². The second kappa shape index (κ2) is 7.05. The van der Waals surface area contributed by atoms with Gasteiger partial charge in [0, 0.05) is 18.6 Å². The van der Waals surface area contributed by atoms with Crippen LogP contribution in [0.1, 0.15) is 24.7 Å². The minimum Gasteiger partial charge on any atom is -0.325 e. The summed E-state index contributed by atoms with van der Waals surface area (Å²) in [5.41, 5.74) is 3.58. The SMILES string of the molecule is CCCc1c(Cn2ccnc2-c2cccnc2Cl)nc2ccc(Cl)nn12. The number of hydrogen-bond acceptors (Lipinski definition) is 4. The van der Waals surface area contributed by atoms with Gasteiger partial charge in [0.05, 0.1) is 23.5 Å². The number of aromatic nitrogens is 6. The average Bonchev–Trinajstić information content (AvgIpc) is 3.21. The zero-order valence-corrected chi connectivity index (χ0v) is 15.6. The van der Waals surface area contributed by atoms with Gasteiger partial charge in [-0.2, -0.15) is 5.10 Å². The molecule has 4 aromatic rings. The normalized spacial score (nSPS) is 11.3. The Morgan fingerprint density at radius 1 is 1.08 bits per heavy atom. The van der Waals surface area contributed by atoms with Crippen molar-refractivity contribution in [1.29, 1.82) is 0 Å². The third kappa shape index (κ3) is 3.06. The van der Waals surface area contributed by atoms with Crippen LogP contribution in [0, 0.1) is 0 Å². The molecule has 0 N–H and O–H groups in total. The van der Waals surface area contributed by atoms with E-state index in [1.165, 1.54) is 0 Å². The number of aryl methyl sites for hydroxylation is 1. The Morgan fingerprint density at radius 3 is 2.77 bits per heavy atom. The van der Waals surface area contributed by atoms with E-state index in [0.29, 0.717) is 16.9 Å². The molecule has 132 valence electrons. The molecule has 6 nitrogen and oxygen atoms in total. The maximum Gasteiger partial charge on any atom is 0.154 e. The molecule has 4 heterocycles. The Bertz CT molecular complexity index is 1070. The van der Waals surface area contributed by atoms with Crippen LogP contribution in [0.5, 0.6) is 0 Å². The molecule has 4 rings (SSSR count). The van der Waals surface area contributed by atoms with Gasteiger partial charge in [0.1, 0.15) is 16.1 Å². The van der Waals surface area contributed by atoms with Gasteiger partial charge in [0.25, 0.3) is 0 Å². The Balaban J connectivity index is 1.78. The van der Waals surface area contributed by atoms with E-state index in [1.807, 2.05) is 33.5 Å². The fourth-order valence-corrected chi connectivity index (χ4v) is 3.35. The van der Waals surface area contributed by atoms with Gasteiger partial charge in [0.15, 0.2) is 5.65 Å². The van der Waals surface area contributed by atoms with Crippen LogP contribution < -0.4 is 0 Å². The smallest absolute Gasteiger partial charge is 0.154 e. The topological polar surface area (TPSA) is 60.9 Å². The first-order valence-electron chi connectivity index (χ1n) is 8.32. The highest BCUT2D eigenvalue weighted by Gasteiger charge is 2.16. The van der Waals surface area contributed by atoms with Gasteiger partial charge in [0.2, 0.25) is 0 Å². The molecule has 0 aliphatic heterocycles. The van der Waals surface area contributed by atoms with E-state index in [-0.39, 0.29) is 0 Å². The van der Waals surface area contributed by atoms with E-state index in [1.54, 1.807) is 18.5 Å². The number of halogens is 2. The third-order valence-electron chi connectivity index (χ3n) is 4.14. The molecule has 8 heteroatoms. The second-order valence-electron chi connectivity index (χ2n) is 5.90. The first-order chi connectivity index (χ1) is 12.7. The predicted octanol–water partition coefficient (Wildman–Crippen LogP) is 4.30. The van der Waals surface area contributed by atoms with Crippen molar-refractivity contribution < 1.29 is 0 Å². The molecule has 0 spiro atoms. The van der Waals surface area contributed by atoms with Gasteiger partial charge in [-0.3, -0.25) is 0 Å². The van der Waals surface area contributed by atoms with Gasteiger partial charge >= 0.3 is 0 Å². The Hall–Kier alpha value is -2.44. The minimum absolute atomic E-state index is 0.428. The predicted molar refractivity (Wildman–Crippen MR) is 102 cm³/mol. The van der Waals surface area contributed by atoms with Gasteiger partial charge in [-0.05, 0) is 30.7 Å². The molecule has 0 unspecified atom stereocenters. The summed E-state index contributed by atoms with van der Waals surface area (Å²) in [5, 5.41) is 5.28. The maximum absolute atomic E-state index is 6.24. The Kier molecular flexibility index (Phi) is 4.61. The van der Waals surface area contributed by atoms with Crippen molar-refractivity contribution in [3.63, 3.8) is 0 Å².